The van der Waals surface area contributed by atoms with Crippen LogP contribution < -0.4 is 19.5 Å². The highest BCUT2D eigenvalue weighted by Crippen LogP contribution is 2.29. The molecule has 24 heavy (non-hydrogen) atoms. The Labute approximate surface area is 146 Å². The van der Waals surface area contributed by atoms with Crippen molar-refractivity contribution in [3.05, 3.63) is 53.1 Å². The van der Waals surface area contributed by atoms with E-state index >= 15 is 0 Å². The summed E-state index contributed by atoms with van der Waals surface area (Å²) in [5.41, 5.74) is 0.822. The van der Waals surface area contributed by atoms with Crippen molar-refractivity contribution >= 4 is 17.5 Å². The fraction of sp³-hybridized carbons (Fsp3) is 0.278. The Morgan fingerprint density at radius 2 is 1.88 bits per heavy atom. The van der Waals surface area contributed by atoms with Gasteiger partial charge in [0.05, 0.1) is 25.3 Å². The smallest absolute Gasteiger partial charge is 0.258 e. The van der Waals surface area contributed by atoms with Crippen LogP contribution in [0.15, 0.2) is 42.5 Å². The number of carbonyl (C=O) groups excluding carboxylic acids is 1. The quantitative estimate of drug-likeness (QED) is 0.829. The van der Waals surface area contributed by atoms with Gasteiger partial charge < -0.3 is 19.5 Å². The Morgan fingerprint density at radius 1 is 1.12 bits per heavy atom. The number of ether oxygens (including phenoxy) is 3. The Bertz CT molecular complexity index is 705. The number of benzene rings is 2. The van der Waals surface area contributed by atoms with E-state index in [1.54, 1.807) is 50.6 Å². The van der Waals surface area contributed by atoms with Crippen molar-refractivity contribution in [2.45, 2.75) is 13.0 Å². The molecule has 0 saturated heterocycles. The lowest BCUT2D eigenvalue weighted by Crippen LogP contribution is -2.31. The normalized spacial score (nSPS) is 11.5. The number of halogens is 1. The van der Waals surface area contributed by atoms with Crippen LogP contribution in [-0.4, -0.2) is 26.7 Å². The standard InChI is InChI=1S/C18H20ClNO4/c1-12(14-10-13(22-2)8-9-16(14)23-3)20-18(21)11-24-17-7-5-4-6-15(17)19/h4-10,12H,11H2,1-3H3,(H,20,21). The summed E-state index contributed by atoms with van der Waals surface area (Å²) in [6.45, 7) is 1.74. The first kappa shape index (κ1) is 17.9. The molecule has 5 nitrogen and oxygen atoms in total. The van der Waals surface area contributed by atoms with Gasteiger partial charge in [-0.05, 0) is 37.3 Å². The molecule has 0 heterocycles. The maximum Gasteiger partial charge on any atom is 0.258 e. The van der Waals surface area contributed by atoms with E-state index in [1.165, 1.54) is 0 Å². The molecule has 1 atom stereocenters. The minimum absolute atomic E-state index is 0.125. The average molecular weight is 350 g/mol. The number of carbonyl (C=O) groups is 1. The van der Waals surface area contributed by atoms with Crippen molar-refractivity contribution in [2.75, 3.05) is 20.8 Å². The molecule has 0 aliphatic carbocycles. The molecule has 1 amide bonds. The third-order valence-corrected chi connectivity index (χ3v) is 3.79. The fourth-order valence-electron chi connectivity index (χ4n) is 2.24. The van der Waals surface area contributed by atoms with Crippen molar-refractivity contribution in [1.29, 1.82) is 0 Å². The first-order valence-electron chi connectivity index (χ1n) is 7.43. The molecular formula is C18H20ClNO4. The van der Waals surface area contributed by atoms with E-state index in [2.05, 4.69) is 5.32 Å². The molecule has 2 aromatic rings. The highest BCUT2D eigenvalue weighted by Gasteiger charge is 2.16. The van der Waals surface area contributed by atoms with Crippen LogP contribution in [0, 0.1) is 0 Å². The molecule has 0 aliphatic rings. The number of hydrogen-bond acceptors (Lipinski definition) is 4. The predicted octanol–water partition coefficient (Wildman–Crippen LogP) is 3.61. The van der Waals surface area contributed by atoms with Gasteiger partial charge in [0, 0.05) is 5.56 Å². The van der Waals surface area contributed by atoms with E-state index in [9.17, 15) is 4.79 Å². The van der Waals surface area contributed by atoms with Crippen LogP contribution >= 0.6 is 11.6 Å². The maximum atomic E-state index is 12.1. The first-order valence-corrected chi connectivity index (χ1v) is 7.81. The Kier molecular flexibility index (Phi) is 6.32. The van der Waals surface area contributed by atoms with Gasteiger partial charge in [0.25, 0.3) is 5.91 Å². The Hall–Kier alpha value is -2.40. The van der Waals surface area contributed by atoms with Gasteiger partial charge in [-0.25, -0.2) is 0 Å². The summed E-state index contributed by atoms with van der Waals surface area (Å²) in [6.07, 6.45) is 0. The number of methoxy groups -OCH3 is 2. The highest BCUT2D eigenvalue weighted by molar-refractivity contribution is 6.32. The van der Waals surface area contributed by atoms with Gasteiger partial charge in [-0.2, -0.15) is 0 Å². The van der Waals surface area contributed by atoms with Crippen LogP contribution in [0.1, 0.15) is 18.5 Å². The second kappa shape index (κ2) is 8.45. The molecular weight excluding hydrogens is 330 g/mol. The molecule has 1 unspecified atom stereocenters. The number of rotatable bonds is 7. The lowest BCUT2D eigenvalue weighted by molar-refractivity contribution is -0.123. The topological polar surface area (TPSA) is 56.8 Å². The summed E-state index contributed by atoms with van der Waals surface area (Å²) in [5, 5.41) is 3.33. The molecule has 0 bridgehead atoms. The van der Waals surface area contributed by atoms with Crippen LogP contribution in [0.3, 0.4) is 0 Å². The molecule has 2 rings (SSSR count). The van der Waals surface area contributed by atoms with Crippen molar-refractivity contribution in [3.8, 4) is 17.2 Å². The van der Waals surface area contributed by atoms with Gasteiger partial charge in [0.1, 0.15) is 17.2 Å². The van der Waals surface area contributed by atoms with E-state index < -0.39 is 0 Å². The zero-order chi connectivity index (χ0) is 17.5. The van der Waals surface area contributed by atoms with E-state index in [4.69, 9.17) is 25.8 Å². The lowest BCUT2D eigenvalue weighted by Gasteiger charge is -2.18. The van der Waals surface area contributed by atoms with Gasteiger partial charge >= 0.3 is 0 Å². The van der Waals surface area contributed by atoms with Crippen molar-refractivity contribution < 1.29 is 19.0 Å². The molecule has 1 N–H and O–H groups in total. The van der Waals surface area contributed by atoms with Crippen molar-refractivity contribution in [2.24, 2.45) is 0 Å². The number of nitrogens with one attached hydrogen (secondary N) is 1. The molecule has 0 saturated carbocycles. The molecule has 0 radical (unpaired) electrons. The minimum Gasteiger partial charge on any atom is -0.497 e. The number of amides is 1. The minimum atomic E-state index is -0.266. The monoisotopic (exact) mass is 349 g/mol. The van der Waals surface area contributed by atoms with Crippen molar-refractivity contribution in [3.63, 3.8) is 0 Å². The van der Waals surface area contributed by atoms with Gasteiger partial charge in [0.15, 0.2) is 6.61 Å². The molecule has 128 valence electrons. The van der Waals surface area contributed by atoms with Crippen LogP contribution in [0.25, 0.3) is 0 Å². The zero-order valence-corrected chi connectivity index (χ0v) is 14.6. The van der Waals surface area contributed by atoms with Crippen LogP contribution in [0.5, 0.6) is 17.2 Å². The van der Waals surface area contributed by atoms with Crippen molar-refractivity contribution in [1.82, 2.24) is 5.32 Å². The summed E-state index contributed by atoms with van der Waals surface area (Å²) < 4.78 is 16.0. The van der Waals surface area contributed by atoms with Crippen LogP contribution in [0.4, 0.5) is 0 Å². The maximum absolute atomic E-state index is 12.1. The van der Waals surface area contributed by atoms with Crippen LogP contribution in [0.2, 0.25) is 5.02 Å². The number of para-hydroxylation sites is 1. The van der Waals surface area contributed by atoms with Gasteiger partial charge in [-0.3, -0.25) is 4.79 Å². The first-order chi connectivity index (χ1) is 11.5. The SMILES string of the molecule is COc1ccc(OC)c(C(C)NC(=O)COc2ccccc2Cl)c1. The third-order valence-electron chi connectivity index (χ3n) is 3.48. The van der Waals surface area contributed by atoms with Gasteiger partial charge in [-0.15, -0.1) is 0 Å². The Balaban J connectivity index is 2.00. The largest absolute Gasteiger partial charge is 0.497 e. The summed E-state index contributed by atoms with van der Waals surface area (Å²) in [7, 11) is 3.17. The third kappa shape index (κ3) is 4.55. The van der Waals surface area contributed by atoms with Crippen LogP contribution in [-0.2, 0) is 4.79 Å². The Morgan fingerprint density at radius 3 is 2.54 bits per heavy atom. The van der Waals surface area contributed by atoms with E-state index in [0.717, 1.165) is 5.56 Å². The molecule has 6 heteroatoms. The van der Waals surface area contributed by atoms with Gasteiger partial charge in [-0.1, -0.05) is 23.7 Å². The van der Waals surface area contributed by atoms with Gasteiger partial charge in [0.2, 0.25) is 0 Å². The highest BCUT2D eigenvalue weighted by atomic mass is 35.5. The summed E-state index contributed by atoms with van der Waals surface area (Å²) >= 11 is 6.00. The molecule has 2 aromatic carbocycles. The molecule has 0 aliphatic heterocycles. The zero-order valence-electron chi connectivity index (χ0n) is 13.8. The molecule has 0 aromatic heterocycles. The summed E-state index contributed by atoms with van der Waals surface area (Å²) in [6, 6.07) is 12.2. The second-order valence-electron chi connectivity index (χ2n) is 5.12. The number of hydrogen-bond donors (Lipinski definition) is 1. The summed E-state index contributed by atoms with van der Waals surface area (Å²) in [4.78, 5) is 12.1. The van der Waals surface area contributed by atoms with E-state index in [1.807, 2.05) is 13.0 Å². The fourth-order valence-corrected chi connectivity index (χ4v) is 2.43. The predicted molar refractivity (Wildman–Crippen MR) is 93.1 cm³/mol. The van der Waals surface area contributed by atoms with E-state index in [0.29, 0.717) is 22.3 Å². The summed E-state index contributed by atoms with van der Waals surface area (Å²) in [5.74, 6) is 1.59. The lowest BCUT2D eigenvalue weighted by atomic mass is 10.1. The van der Waals surface area contributed by atoms with E-state index in [-0.39, 0.29) is 18.6 Å². The molecule has 0 spiro atoms. The molecule has 0 fully saturated rings. The average Bonchev–Trinajstić information content (AvgIpc) is 2.60. The second-order valence-corrected chi connectivity index (χ2v) is 5.52.